The number of hydrogen-bond donors (Lipinski definition) is 2. The van der Waals surface area contributed by atoms with Crippen molar-refractivity contribution in [2.75, 3.05) is 0 Å². The number of aromatic hydroxyl groups is 1. The van der Waals surface area contributed by atoms with Gasteiger partial charge in [0.1, 0.15) is 5.75 Å². The lowest BCUT2D eigenvalue weighted by atomic mass is 9.78. The van der Waals surface area contributed by atoms with Crippen molar-refractivity contribution in [2.24, 2.45) is 0 Å². The SMILES string of the molecule is CC(C)(C)c1cc(C=C(F)C(=O)O)cc(C(C)(C)C)c1O. The fourth-order valence-corrected chi connectivity index (χ4v) is 2.09. The topological polar surface area (TPSA) is 57.5 Å². The number of carboxylic acid groups (broad SMARTS) is 1. The minimum Gasteiger partial charge on any atom is -0.507 e. The molecule has 0 saturated carbocycles. The summed E-state index contributed by atoms with van der Waals surface area (Å²) in [7, 11) is 0. The van der Waals surface area contributed by atoms with Gasteiger partial charge in [-0.2, -0.15) is 4.39 Å². The molecule has 0 fully saturated rings. The Morgan fingerprint density at radius 2 is 1.43 bits per heavy atom. The summed E-state index contributed by atoms with van der Waals surface area (Å²) in [5, 5.41) is 19.2. The molecule has 0 amide bonds. The zero-order valence-corrected chi connectivity index (χ0v) is 13.4. The first-order valence-corrected chi connectivity index (χ1v) is 6.82. The van der Waals surface area contributed by atoms with Crippen molar-refractivity contribution in [3.05, 3.63) is 34.6 Å². The molecule has 0 aromatic heterocycles. The molecule has 0 radical (unpaired) electrons. The molecule has 2 N–H and O–H groups in total. The lowest BCUT2D eigenvalue weighted by Gasteiger charge is -2.27. The highest BCUT2D eigenvalue weighted by atomic mass is 19.1. The third-order valence-electron chi connectivity index (χ3n) is 3.25. The molecular formula is C17H23FO3. The molecule has 3 nitrogen and oxygen atoms in total. The third-order valence-corrected chi connectivity index (χ3v) is 3.25. The van der Waals surface area contributed by atoms with E-state index in [0.717, 1.165) is 6.08 Å². The summed E-state index contributed by atoms with van der Waals surface area (Å²) in [5.74, 6) is -2.64. The average molecular weight is 294 g/mol. The van der Waals surface area contributed by atoms with Crippen molar-refractivity contribution in [1.29, 1.82) is 0 Å². The van der Waals surface area contributed by atoms with Crippen LogP contribution in [0.2, 0.25) is 0 Å². The Balaban J connectivity index is 3.63. The minimum atomic E-state index is -1.60. The van der Waals surface area contributed by atoms with Crippen LogP contribution >= 0.6 is 0 Å². The molecule has 0 atom stereocenters. The Bertz CT molecular complexity index is 552. The van der Waals surface area contributed by atoms with Crippen LogP contribution in [0.15, 0.2) is 18.0 Å². The van der Waals surface area contributed by atoms with Crippen LogP contribution in [-0.4, -0.2) is 16.2 Å². The third kappa shape index (κ3) is 4.06. The molecule has 1 rings (SSSR count). The fraction of sp³-hybridized carbons (Fsp3) is 0.471. The van der Waals surface area contributed by atoms with Gasteiger partial charge in [-0.05, 0) is 34.6 Å². The van der Waals surface area contributed by atoms with Gasteiger partial charge in [0.2, 0.25) is 5.83 Å². The van der Waals surface area contributed by atoms with Crippen LogP contribution in [0.1, 0.15) is 58.2 Å². The van der Waals surface area contributed by atoms with Gasteiger partial charge in [-0.1, -0.05) is 41.5 Å². The quantitative estimate of drug-likeness (QED) is 0.796. The van der Waals surface area contributed by atoms with E-state index in [0.29, 0.717) is 16.7 Å². The predicted molar refractivity (Wildman–Crippen MR) is 82.2 cm³/mol. The lowest BCUT2D eigenvalue weighted by molar-refractivity contribution is -0.134. The van der Waals surface area contributed by atoms with Crippen molar-refractivity contribution in [1.82, 2.24) is 0 Å². The Morgan fingerprint density at radius 1 is 1.05 bits per heavy atom. The molecule has 0 bridgehead atoms. The number of phenolic OH excluding ortho intramolecular Hbond substituents is 1. The smallest absolute Gasteiger partial charge is 0.364 e. The predicted octanol–water partition coefficient (Wildman–Crippen LogP) is 4.38. The second-order valence-corrected chi connectivity index (χ2v) is 7.26. The van der Waals surface area contributed by atoms with Crippen LogP contribution in [0.25, 0.3) is 6.08 Å². The summed E-state index contributed by atoms with van der Waals surface area (Å²) < 4.78 is 13.4. The Labute approximate surface area is 125 Å². The second kappa shape index (κ2) is 5.51. The van der Waals surface area contributed by atoms with Crippen LogP contribution in [-0.2, 0) is 15.6 Å². The van der Waals surface area contributed by atoms with Crippen molar-refractivity contribution in [3.8, 4) is 5.75 Å². The number of aliphatic carboxylic acids is 1. The standard InChI is InChI=1S/C17H23FO3/c1-16(2,3)11-7-10(9-13(18)15(20)21)8-12(14(11)19)17(4,5)6/h7-9,19H,1-6H3,(H,20,21). The van der Waals surface area contributed by atoms with Crippen LogP contribution in [0.3, 0.4) is 0 Å². The molecule has 1 aromatic carbocycles. The van der Waals surface area contributed by atoms with Gasteiger partial charge in [0.05, 0.1) is 0 Å². The van der Waals surface area contributed by atoms with E-state index >= 15 is 0 Å². The molecule has 0 saturated heterocycles. The van der Waals surface area contributed by atoms with E-state index in [1.54, 1.807) is 12.1 Å². The van der Waals surface area contributed by atoms with Crippen LogP contribution in [0, 0.1) is 0 Å². The van der Waals surface area contributed by atoms with E-state index in [4.69, 9.17) is 5.11 Å². The summed E-state index contributed by atoms with van der Waals surface area (Å²) >= 11 is 0. The first-order valence-electron chi connectivity index (χ1n) is 6.82. The molecule has 0 heterocycles. The lowest BCUT2D eigenvalue weighted by Crippen LogP contribution is -2.17. The molecule has 116 valence electrons. The van der Waals surface area contributed by atoms with Crippen molar-refractivity contribution >= 4 is 12.0 Å². The molecule has 0 aliphatic heterocycles. The normalized spacial score (nSPS) is 13.4. The summed E-state index contributed by atoms with van der Waals surface area (Å²) in [4.78, 5) is 10.6. The first-order chi connectivity index (χ1) is 9.34. The van der Waals surface area contributed by atoms with E-state index in [1.165, 1.54) is 0 Å². The molecule has 0 spiro atoms. The maximum Gasteiger partial charge on any atom is 0.364 e. The number of carbonyl (C=O) groups is 1. The highest BCUT2D eigenvalue weighted by molar-refractivity contribution is 5.89. The number of phenols is 1. The number of halogens is 1. The number of carboxylic acids is 1. The van der Waals surface area contributed by atoms with Gasteiger partial charge < -0.3 is 10.2 Å². The van der Waals surface area contributed by atoms with Crippen molar-refractivity contribution < 1.29 is 19.4 Å². The van der Waals surface area contributed by atoms with E-state index in [9.17, 15) is 14.3 Å². The summed E-state index contributed by atoms with van der Waals surface area (Å²) in [6, 6.07) is 3.26. The highest BCUT2D eigenvalue weighted by Crippen LogP contribution is 2.40. The van der Waals surface area contributed by atoms with E-state index < -0.39 is 11.8 Å². The molecule has 1 aromatic rings. The van der Waals surface area contributed by atoms with Gasteiger partial charge >= 0.3 is 5.97 Å². The average Bonchev–Trinajstić information content (AvgIpc) is 2.27. The number of hydrogen-bond acceptors (Lipinski definition) is 2. The Kier molecular flexibility index (Phi) is 4.51. The maximum absolute atomic E-state index is 13.4. The summed E-state index contributed by atoms with van der Waals surface area (Å²) in [6.45, 7) is 11.6. The summed E-state index contributed by atoms with van der Waals surface area (Å²) in [6.07, 6.45) is 0.978. The van der Waals surface area contributed by atoms with Crippen molar-refractivity contribution in [2.45, 2.75) is 52.4 Å². The molecule has 21 heavy (non-hydrogen) atoms. The van der Waals surface area contributed by atoms with Gasteiger partial charge in [0, 0.05) is 11.1 Å². The number of benzene rings is 1. The van der Waals surface area contributed by atoms with E-state index in [-0.39, 0.29) is 16.6 Å². The molecule has 0 aliphatic carbocycles. The Morgan fingerprint density at radius 3 is 1.71 bits per heavy atom. The van der Waals surface area contributed by atoms with Crippen LogP contribution in [0.4, 0.5) is 4.39 Å². The second-order valence-electron chi connectivity index (χ2n) is 7.26. The van der Waals surface area contributed by atoms with E-state index in [2.05, 4.69) is 0 Å². The minimum absolute atomic E-state index is 0.183. The zero-order chi connectivity index (χ0) is 16.6. The van der Waals surface area contributed by atoms with Gasteiger partial charge in [-0.15, -0.1) is 0 Å². The van der Waals surface area contributed by atoms with E-state index in [1.807, 2.05) is 41.5 Å². The Hall–Kier alpha value is -1.84. The van der Waals surface area contributed by atoms with Gasteiger partial charge in [0.25, 0.3) is 0 Å². The van der Waals surface area contributed by atoms with Crippen LogP contribution < -0.4 is 0 Å². The summed E-state index contributed by atoms with van der Waals surface area (Å²) in [5.41, 5.74) is 1.09. The fourth-order valence-electron chi connectivity index (χ4n) is 2.09. The zero-order valence-electron chi connectivity index (χ0n) is 13.4. The highest BCUT2D eigenvalue weighted by Gasteiger charge is 2.26. The van der Waals surface area contributed by atoms with Gasteiger partial charge in [-0.25, -0.2) is 4.79 Å². The maximum atomic E-state index is 13.4. The molecular weight excluding hydrogens is 271 g/mol. The molecule has 0 unspecified atom stereocenters. The van der Waals surface area contributed by atoms with Gasteiger partial charge in [-0.3, -0.25) is 0 Å². The first kappa shape index (κ1) is 17.2. The van der Waals surface area contributed by atoms with Gasteiger partial charge in [0.15, 0.2) is 0 Å². The number of rotatable bonds is 2. The largest absolute Gasteiger partial charge is 0.507 e. The van der Waals surface area contributed by atoms with Crippen molar-refractivity contribution in [3.63, 3.8) is 0 Å². The van der Waals surface area contributed by atoms with Crippen LogP contribution in [0.5, 0.6) is 5.75 Å². The molecule has 4 heteroatoms. The molecule has 0 aliphatic rings. The monoisotopic (exact) mass is 294 g/mol.